The Kier molecular flexibility index (Phi) is 5.08. The molecule has 2 bridgehead atoms. The van der Waals surface area contributed by atoms with Gasteiger partial charge in [0.1, 0.15) is 0 Å². The molecule has 0 heterocycles. The first kappa shape index (κ1) is 17.3. The van der Waals surface area contributed by atoms with E-state index in [9.17, 15) is 9.59 Å². The van der Waals surface area contributed by atoms with Gasteiger partial charge in [-0.25, -0.2) is 4.79 Å². The van der Waals surface area contributed by atoms with Crippen LogP contribution in [0, 0.1) is 23.2 Å². The maximum absolute atomic E-state index is 12.9. The van der Waals surface area contributed by atoms with Crippen molar-refractivity contribution < 1.29 is 14.3 Å². The molecular formula is C18H24Cl2O3. The van der Waals surface area contributed by atoms with E-state index >= 15 is 0 Å². The van der Waals surface area contributed by atoms with Gasteiger partial charge in [0, 0.05) is 5.92 Å². The summed E-state index contributed by atoms with van der Waals surface area (Å²) < 4.78 is 5.34. The minimum absolute atomic E-state index is 0.000743. The van der Waals surface area contributed by atoms with Crippen LogP contribution in [-0.2, 0) is 14.3 Å². The van der Waals surface area contributed by atoms with Crippen molar-refractivity contribution in [3.8, 4) is 0 Å². The van der Waals surface area contributed by atoms with Crippen molar-refractivity contribution >= 4 is 35.0 Å². The summed E-state index contributed by atoms with van der Waals surface area (Å²) >= 11 is 11.2. The van der Waals surface area contributed by atoms with Gasteiger partial charge in [-0.3, -0.25) is 4.79 Å². The van der Waals surface area contributed by atoms with Crippen molar-refractivity contribution in [3.05, 3.63) is 12.7 Å². The van der Waals surface area contributed by atoms with Crippen LogP contribution < -0.4 is 0 Å². The summed E-state index contributed by atoms with van der Waals surface area (Å²) in [5.41, 5.74) is 0.000743. The molecule has 5 heteroatoms. The van der Waals surface area contributed by atoms with E-state index in [1.807, 2.05) is 0 Å². The Labute approximate surface area is 147 Å². The van der Waals surface area contributed by atoms with Crippen LogP contribution in [0.2, 0.25) is 0 Å². The molecule has 3 aliphatic carbocycles. The predicted octanol–water partition coefficient (Wildman–Crippen LogP) is 4.45. The molecule has 0 aromatic rings. The molecule has 3 nitrogen and oxygen atoms in total. The monoisotopic (exact) mass is 358 g/mol. The van der Waals surface area contributed by atoms with Gasteiger partial charge in [-0.15, -0.1) is 6.58 Å². The number of hydrogen-bond acceptors (Lipinski definition) is 3. The Morgan fingerprint density at radius 1 is 1.26 bits per heavy atom. The lowest BCUT2D eigenvalue weighted by atomic mass is 9.58. The second-order valence-electron chi connectivity index (χ2n) is 7.44. The number of esters is 1. The summed E-state index contributed by atoms with van der Waals surface area (Å²) in [6.07, 6.45) is 9.67. The molecule has 0 aromatic heterocycles. The van der Waals surface area contributed by atoms with E-state index in [2.05, 4.69) is 12.7 Å². The SMILES string of the molecule is C=CC1CCC2CCCC3(CC1)CC(OC(=O)C(Cl)Cl)C(=O)C23. The molecule has 3 saturated carbocycles. The number of ketones is 1. The van der Waals surface area contributed by atoms with Crippen LogP contribution in [0.15, 0.2) is 12.7 Å². The molecule has 0 spiro atoms. The molecule has 0 aliphatic heterocycles. The van der Waals surface area contributed by atoms with Crippen molar-refractivity contribution in [2.24, 2.45) is 23.2 Å². The standard InChI is InChI=1S/C18H24Cl2O3/c1-2-11-5-6-12-4-3-8-18(9-7-11)10-13(15(21)14(12)18)23-17(22)16(19)20/h2,11-14,16H,1,3-10H2. The Hall–Kier alpha value is -0.540. The van der Waals surface area contributed by atoms with Gasteiger partial charge in [-0.1, -0.05) is 35.7 Å². The lowest BCUT2D eigenvalue weighted by molar-refractivity contribution is -0.152. The summed E-state index contributed by atoms with van der Waals surface area (Å²) in [5.74, 6) is 0.416. The minimum atomic E-state index is -1.22. The van der Waals surface area contributed by atoms with Gasteiger partial charge in [-0.05, 0) is 62.2 Å². The van der Waals surface area contributed by atoms with E-state index in [1.54, 1.807) is 0 Å². The fraction of sp³-hybridized carbons (Fsp3) is 0.778. The van der Waals surface area contributed by atoms with Crippen LogP contribution in [0.5, 0.6) is 0 Å². The summed E-state index contributed by atoms with van der Waals surface area (Å²) in [6.45, 7) is 3.96. The van der Waals surface area contributed by atoms with Gasteiger partial charge < -0.3 is 4.74 Å². The van der Waals surface area contributed by atoms with E-state index in [1.165, 1.54) is 6.42 Å². The van der Waals surface area contributed by atoms with E-state index in [-0.39, 0.29) is 17.1 Å². The Bertz CT molecular complexity index is 504. The lowest BCUT2D eigenvalue weighted by Gasteiger charge is -2.45. The van der Waals surface area contributed by atoms with Crippen LogP contribution in [0.4, 0.5) is 0 Å². The van der Waals surface area contributed by atoms with Gasteiger partial charge in [0.2, 0.25) is 4.84 Å². The first-order valence-corrected chi connectivity index (χ1v) is 9.49. The number of hydrogen-bond donors (Lipinski definition) is 0. The van der Waals surface area contributed by atoms with Gasteiger partial charge >= 0.3 is 5.97 Å². The maximum Gasteiger partial charge on any atom is 0.340 e. The van der Waals surface area contributed by atoms with E-state index < -0.39 is 16.9 Å². The first-order valence-electron chi connectivity index (χ1n) is 8.62. The number of Topliss-reactive ketones (excluding diaryl/α,β-unsaturated/α-hetero) is 1. The molecule has 3 aliphatic rings. The highest BCUT2D eigenvalue weighted by Gasteiger charge is 2.58. The van der Waals surface area contributed by atoms with Crippen molar-refractivity contribution in [2.75, 3.05) is 0 Å². The van der Waals surface area contributed by atoms with Crippen LogP contribution in [0.3, 0.4) is 0 Å². The molecule has 0 N–H and O–H groups in total. The first-order chi connectivity index (χ1) is 11.0. The third-order valence-corrected chi connectivity index (χ3v) is 6.64. The highest BCUT2D eigenvalue weighted by Crippen LogP contribution is 2.58. The molecule has 3 rings (SSSR count). The zero-order valence-electron chi connectivity index (χ0n) is 13.3. The van der Waals surface area contributed by atoms with Gasteiger partial charge in [0.15, 0.2) is 11.9 Å². The number of carbonyl (C=O) groups is 2. The number of carbonyl (C=O) groups excluding carboxylic acids is 2. The number of rotatable bonds is 3. The van der Waals surface area contributed by atoms with E-state index in [0.29, 0.717) is 18.3 Å². The van der Waals surface area contributed by atoms with Gasteiger partial charge in [-0.2, -0.15) is 0 Å². The van der Waals surface area contributed by atoms with E-state index in [0.717, 1.165) is 38.5 Å². The fourth-order valence-corrected chi connectivity index (χ4v) is 5.34. The summed E-state index contributed by atoms with van der Waals surface area (Å²) in [5, 5.41) is 0. The quantitative estimate of drug-likeness (QED) is 0.425. The van der Waals surface area contributed by atoms with Crippen molar-refractivity contribution in [2.45, 2.75) is 62.3 Å². The molecule has 23 heavy (non-hydrogen) atoms. The third kappa shape index (κ3) is 3.19. The van der Waals surface area contributed by atoms with Crippen LogP contribution in [-0.4, -0.2) is 22.7 Å². The molecule has 128 valence electrons. The normalized spacial score (nSPS) is 40.2. The molecular weight excluding hydrogens is 335 g/mol. The van der Waals surface area contributed by atoms with Crippen LogP contribution >= 0.6 is 23.2 Å². The predicted molar refractivity (Wildman–Crippen MR) is 90.4 cm³/mol. The van der Waals surface area contributed by atoms with Crippen molar-refractivity contribution in [1.82, 2.24) is 0 Å². The van der Waals surface area contributed by atoms with Crippen LogP contribution in [0.25, 0.3) is 0 Å². The third-order valence-electron chi connectivity index (χ3n) is 6.29. The molecule has 0 amide bonds. The topological polar surface area (TPSA) is 43.4 Å². The average molecular weight is 359 g/mol. The van der Waals surface area contributed by atoms with Gasteiger partial charge in [0.05, 0.1) is 0 Å². The summed E-state index contributed by atoms with van der Waals surface area (Å²) in [6, 6.07) is 0. The van der Waals surface area contributed by atoms with Crippen molar-refractivity contribution in [1.29, 1.82) is 0 Å². The largest absolute Gasteiger partial charge is 0.452 e. The smallest absolute Gasteiger partial charge is 0.340 e. The number of allylic oxidation sites excluding steroid dienone is 1. The van der Waals surface area contributed by atoms with E-state index in [4.69, 9.17) is 27.9 Å². The summed E-state index contributed by atoms with van der Waals surface area (Å²) in [7, 11) is 0. The van der Waals surface area contributed by atoms with Crippen molar-refractivity contribution in [3.63, 3.8) is 0 Å². The second kappa shape index (κ2) is 6.76. The summed E-state index contributed by atoms with van der Waals surface area (Å²) in [4.78, 5) is 23.4. The maximum atomic E-state index is 12.9. The second-order valence-corrected chi connectivity index (χ2v) is 8.53. The molecule has 5 atom stereocenters. The number of ether oxygens (including phenoxy) is 1. The molecule has 0 radical (unpaired) electrons. The zero-order chi connectivity index (χ0) is 16.6. The van der Waals surface area contributed by atoms with Crippen LogP contribution in [0.1, 0.15) is 51.4 Å². The Balaban J connectivity index is 1.83. The number of halogens is 2. The molecule has 3 fully saturated rings. The minimum Gasteiger partial charge on any atom is -0.452 e. The van der Waals surface area contributed by atoms with Gasteiger partial charge in [0.25, 0.3) is 0 Å². The Morgan fingerprint density at radius 3 is 2.74 bits per heavy atom. The molecule has 5 unspecified atom stereocenters. The molecule has 0 aromatic carbocycles. The Morgan fingerprint density at radius 2 is 2.04 bits per heavy atom. The number of alkyl halides is 2. The zero-order valence-corrected chi connectivity index (χ0v) is 14.8. The fourth-order valence-electron chi connectivity index (χ4n) is 5.24. The lowest BCUT2D eigenvalue weighted by Crippen LogP contribution is -2.40. The average Bonchev–Trinajstić information content (AvgIpc) is 2.79. The molecule has 0 saturated heterocycles. The highest BCUT2D eigenvalue weighted by atomic mass is 35.5. The highest BCUT2D eigenvalue weighted by molar-refractivity contribution is 6.52.